The molecule has 2 heteroatoms. The highest BCUT2D eigenvalue weighted by Crippen LogP contribution is 2.22. The minimum atomic E-state index is 0.223. The van der Waals surface area contributed by atoms with Crippen LogP contribution >= 0.6 is 0 Å². The first kappa shape index (κ1) is 9.69. The molecule has 14 heavy (non-hydrogen) atoms. The van der Waals surface area contributed by atoms with Gasteiger partial charge in [0.25, 0.3) is 0 Å². The van der Waals surface area contributed by atoms with Crippen LogP contribution in [0, 0.1) is 0 Å². The number of epoxide rings is 1. The maximum atomic E-state index is 5.78. The fourth-order valence-corrected chi connectivity index (χ4v) is 1.51. The highest BCUT2D eigenvalue weighted by Gasteiger charge is 2.24. The third-order valence-electron chi connectivity index (χ3n) is 2.43. The van der Waals surface area contributed by atoms with E-state index in [1.165, 1.54) is 5.56 Å². The van der Waals surface area contributed by atoms with E-state index in [2.05, 4.69) is 31.2 Å². The van der Waals surface area contributed by atoms with Crippen LogP contribution < -0.4 is 0 Å². The Morgan fingerprint density at radius 2 is 2.14 bits per heavy atom. The molecule has 2 nitrogen and oxygen atoms in total. The first-order valence-electron chi connectivity index (χ1n) is 5.18. The van der Waals surface area contributed by atoms with Gasteiger partial charge in [-0.2, -0.15) is 0 Å². The van der Waals surface area contributed by atoms with Gasteiger partial charge in [-0.1, -0.05) is 37.3 Å². The van der Waals surface area contributed by atoms with E-state index in [1.807, 2.05) is 6.07 Å². The number of rotatable bonds is 5. The van der Waals surface area contributed by atoms with Crippen LogP contribution in [0.1, 0.15) is 25.0 Å². The first-order chi connectivity index (χ1) is 6.90. The second-order valence-corrected chi connectivity index (χ2v) is 3.60. The van der Waals surface area contributed by atoms with E-state index in [1.54, 1.807) is 0 Å². The zero-order chi connectivity index (χ0) is 9.80. The summed E-state index contributed by atoms with van der Waals surface area (Å²) < 4.78 is 10.9. The van der Waals surface area contributed by atoms with E-state index >= 15 is 0 Å². The summed E-state index contributed by atoms with van der Waals surface area (Å²) in [7, 11) is 0. The van der Waals surface area contributed by atoms with Crippen molar-refractivity contribution in [3.63, 3.8) is 0 Å². The Balaban J connectivity index is 1.90. The molecule has 0 N–H and O–H groups in total. The summed E-state index contributed by atoms with van der Waals surface area (Å²) in [4.78, 5) is 0. The van der Waals surface area contributed by atoms with E-state index in [4.69, 9.17) is 9.47 Å². The van der Waals surface area contributed by atoms with Crippen molar-refractivity contribution in [1.82, 2.24) is 0 Å². The van der Waals surface area contributed by atoms with E-state index in [9.17, 15) is 0 Å². The molecule has 76 valence electrons. The summed E-state index contributed by atoms with van der Waals surface area (Å²) >= 11 is 0. The molecule has 0 spiro atoms. The number of hydrogen-bond acceptors (Lipinski definition) is 2. The van der Waals surface area contributed by atoms with Crippen molar-refractivity contribution >= 4 is 0 Å². The topological polar surface area (TPSA) is 21.8 Å². The predicted octanol–water partition coefficient (Wildman–Crippen LogP) is 2.55. The summed E-state index contributed by atoms with van der Waals surface area (Å²) in [6, 6.07) is 10.4. The molecule has 2 rings (SSSR count). The molecule has 1 aliphatic heterocycles. The van der Waals surface area contributed by atoms with Gasteiger partial charge in [0.05, 0.1) is 19.3 Å². The Labute approximate surface area is 84.8 Å². The monoisotopic (exact) mass is 192 g/mol. The molecule has 1 heterocycles. The molecule has 0 aromatic heterocycles. The first-order valence-corrected chi connectivity index (χ1v) is 5.18. The van der Waals surface area contributed by atoms with Gasteiger partial charge in [-0.3, -0.25) is 0 Å². The lowest BCUT2D eigenvalue weighted by Crippen LogP contribution is -2.08. The van der Waals surface area contributed by atoms with Crippen molar-refractivity contribution < 1.29 is 9.47 Å². The average molecular weight is 192 g/mol. The largest absolute Gasteiger partial charge is 0.371 e. The van der Waals surface area contributed by atoms with Crippen LogP contribution in [0.15, 0.2) is 30.3 Å². The van der Waals surface area contributed by atoms with Crippen molar-refractivity contribution in [1.29, 1.82) is 0 Å². The number of hydrogen-bond donors (Lipinski definition) is 0. The van der Waals surface area contributed by atoms with Gasteiger partial charge in [-0.15, -0.1) is 0 Å². The van der Waals surface area contributed by atoms with Crippen LogP contribution in [0.25, 0.3) is 0 Å². The molecular weight excluding hydrogens is 176 g/mol. The molecule has 0 saturated carbocycles. The third kappa shape index (κ3) is 2.56. The molecule has 2 atom stereocenters. The third-order valence-corrected chi connectivity index (χ3v) is 2.43. The Hall–Kier alpha value is -0.860. The molecule has 0 bridgehead atoms. The zero-order valence-corrected chi connectivity index (χ0v) is 8.48. The molecule has 0 radical (unpaired) electrons. The van der Waals surface area contributed by atoms with Crippen LogP contribution in [-0.4, -0.2) is 19.3 Å². The van der Waals surface area contributed by atoms with Crippen molar-refractivity contribution in [2.24, 2.45) is 0 Å². The highest BCUT2D eigenvalue weighted by atomic mass is 16.6. The predicted molar refractivity (Wildman–Crippen MR) is 55.2 cm³/mol. The summed E-state index contributed by atoms with van der Waals surface area (Å²) in [5.41, 5.74) is 1.26. The highest BCUT2D eigenvalue weighted by molar-refractivity contribution is 5.17. The lowest BCUT2D eigenvalue weighted by molar-refractivity contribution is 0.0394. The zero-order valence-electron chi connectivity index (χ0n) is 8.48. The van der Waals surface area contributed by atoms with Crippen molar-refractivity contribution in [3.8, 4) is 0 Å². The molecule has 0 aliphatic carbocycles. The standard InChI is InChI=1S/C12H16O2/c1-2-12(14-9-11-8-13-11)10-6-4-3-5-7-10/h3-7,11-12H,2,8-9H2,1H3. The lowest BCUT2D eigenvalue weighted by atomic mass is 10.1. The van der Waals surface area contributed by atoms with E-state index in [0.29, 0.717) is 6.10 Å². The van der Waals surface area contributed by atoms with E-state index < -0.39 is 0 Å². The molecule has 1 aromatic rings. The van der Waals surface area contributed by atoms with Crippen molar-refractivity contribution in [2.75, 3.05) is 13.2 Å². The van der Waals surface area contributed by atoms with E-state index in [0.717, 1.165) is 19.6 Å². The maximum absolute atomic E-state index is 5.78. The minimum absolute atomic E-state index is 0.223. The van der Waals surface area contributed by atoms with Crippen LogP contribution in [0.5, 0.6) is 0 Å². The van der Waals surface area contributed by atoms with Crippen molar-refractivity contribution in [2.45, 2.75) is 25.6 Å². The smallest absolute Gasteiger partial charge is 0.104 e. The van der Waals surface area contributed by atoms with Gasteiger partial charge in [0.15, 0.2) is 0 Å². The fraction of sp³-hybridized carbons (Fsp3) is 0.500. The second-order valence-electron chi connectivity index (χ2n) is 3.60. The summed E-state index contributed by atoms with van der Waals surface area (Å²) in [5, 5.41) is 0. The van der Waals surface area contributed by atoms with Gasteiger partial charge in [-0.25, -0.2) is 0 Å². The van der Waals surface area contributed by atoms with Gasteiger partial charge >= 0.3 is 0 Å². The molecule has 2 unspecified atom stereocenters. The van der Waals surface area contributed by atoms with Crippen LogP contribution in [0.2, 0.25) is 0 Å². The minimum Gasteiger partial charge on any atom is -0.371 e. The Kier molecular flexibility index (Phi) is 3.17. The molecular formula is C12H16O2. The number of ether oxygens (including phenoxy) is 2. The summed E-state index contributed by atoms with van der Waals surface area (Å²) in [6.07, 6.45) is 1.59. The number of benzene rings is 1. The molecule has 1 aliphatic rings. The summed E-state index contributed by atoms with van der Waals surface area (Å²) in [5.74, 6) is 0. The van der Waals surface area contributed by atoms with Crippen LogP contribution in [-0.2, 0) is 9.47 Å². The average Bonchev–Trinajstić information content (AvgIpc) is 3.04. The Bertz CT molecular complexity index is 267. The second kappa shape index (κ2) is 4.58. The molecule has 0 amide bonds. The fourth-order valence-electron chi connectivity index (χ4n) is 1.51. The quantitative estimate of drug-likeness (QED) is 0.669. The van der Waals surface area contributed by atoms with Gasteiger partial charge < -0.3 is 9.47 Å². The Morgan fingerprint density at radius 3 is 2.71 bits per heavy atom. The molecule has 1 aromatic carbocycles. The van der Waals surface area contributed by atoms with E-state index in [-0.39, 0.29) is 6.10 Å². The maximum Gasteiger partial charge on any atom is 0.104 e. The Morgan fingerprint density at radius 1 is 1.43 bits per heavy atom. The normalized spacial score (nSPS) is 21.9. The van der Waals surface area contributed by atoms with Crippen LogP contribution in [0.3, 0.4) is 0 Å². The van der Waals surface area contributed by atoms with Gasteiger partial charge in [0.1, 0.15) is 6.10 Å². The van der Waals surface area contributed by atoms with Gasteiger partial charge in [0.2, 0.25) is 0 Å². The lowest BCUT2D eigenvalue weighted by Gasteiger charge is -2.15. The van der Waals surface area contributed by atoms with Crippen molar-refractivity contribution in [3.05, 3.63) is 35.9 Å². The molecule has 1 saturated heterocycles. The van der Waals surface area contributed by atoms with Crippen LogP contribution in [0.4, 0.5) is 0 Å². The van der Waals surface area contributed by atoms with Gasteiger partial charge in [-0.05, 0) is 12.0 Å². The summed E-state index contributed by atoms with van der Waals surface area (Å²) in [6.45, 7) is 3.74. The molecule has 1 fully saturated rings. The van der Waals surface area contributed by atoms with Gasteiger partial charge in [0, 0.05) is 0 Å². The SMILES string of the molecule is CCC(OCC1CO1)c1ccccc1.